The minimum Gasteiger partial charge on any atom is -0.396 e. The van der Waals surface area contributed by atoms with E-state index in [0.29, 0.717) is 47.9 Å². The van der Waals surface area contributed by atoms with Crippen LogP contribution in [0.1, 0.15) is 91.9 Å². The summed E-state index contributed by atoms with van der Waals surface area (Å²) >= 11 is 0. The summed E-state index contributed by atoms with van der Waals surface area (Å²) in [4.78, 5) is 13.4. The predicted octanol–water partition coefficient (Wildman–Crippen LogP) is 5.54. The molecule has 4 rings (SSSR count). The Bertz CT molecular complexity index is 684. The van der Waals surface area contributed by atoms with Crippen molar-refractivity contribution in [1.82, 2.24) is 0 Å². The maximum atomic E-state index is 13.4. The zero-order valence-corrected chi connectivity index (χ0v) is 19.7. The molecule has 2 N–H and O–H groups in total. The molecule has 0 spiro atoms. The Balaban J connectivity index is 1.51. The van der Waals surface area contributed by atoms with E-state index in [4.69, 9.17) is 0 Å². The van der Waals surface area contributed by atoms with E-state index >= 15 is 0 Å². The van der Waals surface area contributed by atoms with E-state index in [-0.39, 0.29) is 17.4 Å². The summed E-state index contributed by atoms with van der Waals surface area (Å²) in [6.45, 7) is 9.79. The van der Waals surface area contributed by atoms with Gasteiger partial charge in [0.2, 0.25) is 0 Å². The normalized spacial score (nSPS) is 45.2. The molecule has 0 saturated heterocycles. The van der Waals surface area contributed by atoms with Crippen LogP contribution >= 0.6 is 0 Å². The molecule has 3 saturated carbocycles. The molecule has 3 nitrogen and oxygen atoms in total. The van der Waals surface area contributed by atoms with Gasteiger partial charge in [0.05, 0.1) is 6.10 Å². The fraction of sp³-hybridized carbons (Fsp3) is 0.889. The van der Waals surface area contributed by atoms with Gasteiger partial charge in [-0.05, 0) is 97.9 Å². The van der Waals surface area contributed by atoms with E-state index in [1.54, 1.807) is 0 Å². The highest BCUT2D eigenvalue weighted by Crippen LogP contribution is 2.66. The van der Waals surface area contributed by atoms with Crippen LogP contribution in [0.3, 0.4) is 0 Å². The number of allylic oxidation sites excluding steroid dienone is 1. The molecule has 0 unspecified atom stereocenters. The number of ketones is 1. The van der Waals surface area contributed by atoms with E-state index in [1.165, 1.54) is 44.1 Å². The van der Waals surface area contributed by atoms with Crippen molar-refractivity contribution in [1.29, 1.82) is 0 Å². The Morgan fingerprint density at radius 1 is 1.07 bits per heavy atom. The van der Waals surface area contributed by atoms with E-state index < -0.39 is 0 Å². The van der Waals surface area contributed by atoms with Gasteiger partial charge in [0.1, 0.15) is 0 Å². The van der Waals surface area contributed by atoms with Crippen LogP contribution in [0, 0.1) is 46.3 Å². The summed E-state index contributed by atoms with van der Waals surface area (Å²) in [7, 11) is 0. The van der Waals surface area contributed by atoms with Crippen molar-refractivity contribution >= 4 is 5.78 Å². The van der Waals surface area contributed by atoms with Crippen molar-refractivity contribution < 1.29 is 15.0 Å². The predicted molar refractivity (Wildman–Crippen MR) is 121 cm³/mol. The van der Waals surface area contributed by atoms with Crippen molar-refractivity contribution in [2.75, 3.05) is 6.61 Å². The maximum Gasteiger partial charge on any atom is 0.159 e. The monoisotopic (exact) mass is 416 g/mol. The molecule has 0 heterocycles. The molecule has 3 heteroatoms. The molecule has 0 aromatic rings. The highest BCUT2D eigenvalue weighted by Gasteiger charge is 2.61. The lowest BCUT2D eigenvalue weighted by atomic mass is 9.46. The Morgan fingerprint density at radius 3 is 2.57 bits per heavy atom. The summed E-state index contributed by atoms with van der Waals surface area (Å²) in [5.41, 5.74) is 1.68. The first-order chi connectivity index (χ1) is 14.2. The van der Waals surface area contributed by atoms with E-state index in [9.17, 15) is 15.0 Å². The first kappa shape index (κ1) is 22.5. The molecular weight excluding hydrogens is 372 g/mol. The second kappa shape index (κ2) is 8.35. The zero-order valence-electron chi connectivity index (χ0n) is 19.7. The van der Waals surface area contributed by atoms with E-state index in [2.05, 4.69) is 27.7 Å². The molecule has 4 aliphatic rings. The fourth-order valence-corrected chi connectivity index (χ4v) is 8.44. The number of rotatable bonds is 6. The van der Waals surface area contributed by atoms with Crippen LogP contribution in [0.15, 0.2) is 11.6 Å². The summed E-state index contributed by atoms with van der Waals surface area (Å²) < 4.78 is 0. The third-order valence-corrected chi connectivity index (χ3v) is 10.3. The molecule has 0 bridgehead atoms. The van der Waals surface area contributed by atoms with Crippen molar-refractivity contribution in [2.24, 2.45) is 46.3 Å². The number of carbonyl (C=O) groups is 1. The highest BCUT2D eigenvalue weighted by atomic mass is 16.3. The largest absolute Gasteiger partial charge is 0.396 e. The van der Waals surface area contributed by atoms with Crippen molar-refractivity contribution in [2.45, 2.75) is 98.0 Å². The third kappa shape index (κ3) is 3.62. The van der Waals surface area contributed by atoms with Crippen LogP contribution in [0.4, 0.5) is 0 Å². The second-order valence-corrected chi connectivity index (χ2v) is 12.0. The minimum atomic E-state index is -0.257. The summed E-state index contributed by atoms with van der Waals surface area (Å²) in [6, 6.07) is 0. The molecule has 9 atom stereocenters. The SMILES string of the molecule is C[C@@H](CO)CCC[C@@H](C)[C@H]1CC[C@H]2[C@@H]3C(=O)C=C4C[C@@H](O)CC[C@]4(C)[C@H]3CC[C@]12C. The molecule has 3 fully saturated rings. The number of fused-ring (bicyclic) bond motifs is 5. The van der Waals surface area contributed by atoms with Gasteiger partial charge in [-0.3, -0.25) is 4.79 Å². The van der Waals surface area contributed by atoms with Crippen molar-refractivity contribution in [3.63, 3.8) is 0 Å². The maximum absolute atomic E-state index is 13.4. The molecule has 0 aliphatic heterocycles. The van der Waals surface area contributed by atoms with Crippen LogP contribution in [0.5, 0.6) is 0 Å². The summed E-state index contributed by atoms with van der Waals surface area (Å²) in [5.74, 6) is 3.45. The standard InChI is InChI=1S/C27H44O3/c1-17(16-28)6-5-7-18(2)21-8-9-22-25-23(11-13-27(21,22)4)26(3)12-10-20(29)14-19(26)15-24(25)30/h15,17-18,20-23,25,28-29H,5-14,16H2,1-4H3/t17-,18-,20+,21-,22+,23+,25+,26+,27-/m1/s1. The molecule has 0 radical (unpaired) electrons. The van der Waals surface area contributed by atoms with Gasteiger partial charge in [0, 0.05) is 12.5 Å². The average molecular weight is 417 g/mol. The third-order valence-electron chi connectivity index (χ3n) is 10.3. The lowest BCUT2D eigenvalue weighted by molar-refractivity contribution is -0.135. The molecule has 4 aliphatic carbocycles. The summed E-state index contributed by atoms with van der Waals surface area (Å²) in [6.07, 6.45) is 12.9. The van der Waals surface area contributed by atoms with E-state index in [0.717, 1.165) is 25.2 Å². The topological polar surface area (TPSA) is 57.5 Å². The lowest BCUT2D eigenvalue weighted by Crippen LogP contribution is -2.53. The smallest absolute Gasteiger partial charge is 0.159 e. The molecule has 0 aromatic heterocycles. The number of aliphatic hydroxyl groups excluding tert-OH is 2. The first-order valence-electron chi connectivity index (χ1n) is 12.7. The lowest BCUT2D eigenvalue weighted by Gasteiger charge is -2.57. The van der Waals surface area contributed by atoms with Crippen LogP contribution in [-0.2, 0) is 4.79 Å². The number of hydrogen-bond acceptors (Lipinski definition) is 3. The van der Waals surface area contributed by atoms with Gasteiger partial charge in [0.15, 0.2) is 5.78 Å². The average Bonchev–Trinajstić information content (AvgIpc) is 3.06. The van der Waals surface area contributed by atoms with Gasteiger partial charge in [-0.25, -0.2) is 0 Å². The molecular formula is C27H44O3. The quantitative estimate of drug-likeness (QED) is 0.598. The molecule has 0 amide bonds. The Hall–Kier alpha value is -0.670. The Morgan fingerprint density at radius 2 is 1.83 bits per heavy atom. The van der Waals surface area contributed by atoms with Crippen molar-refractivity contribution in [3.05, 3.63) is 11.6 Å². The van der Waals surface area contributed by atoms with Crippen LogP contribution in [0.25, 0.3) is 0 Å². The molecule has 170 valence electrons. The highest BCUT2D eigenvalue weighted by molar-refractivity contribution is 5.94. The Labute approximate surface area is 183 Å². The number of hydrogen-bond donors (Lipinski definition) is 2. The fourth-order valence-electron chi connectivity index (χ4n) is 8.44. The molecule has 30 heavy (non-hydrogen) atoms. The van der Waals surface area contributed by atoms with Gasteiger partial charge < -0.3 is 10.2 Å². The number of carbonyl (C=O) groups excluding carboxylic acids is 1. The van der Waals surface area contributed by atoms with Crippen LogP contribution in [0.2, 0.25) is 0 Å². The van der Waals surface area contributed by atoms with Gasteiger partial charge >= 0.3 is 0 Å². The van der Waals surface area contributed by atoms with Gasteiger partial charge in [0.25, 0.3) is 0 Å². The van der Waals surface area contributed by atoms with Crippen LogP contribution < -0.4 is 0 Å². The molecule has 0 aromatic carbocycles. The summed E-state index contributed by atoms with van der Waals surface area (Å²) in [5, 5.41) is 19.5. The Kier molecular flexibility index (Phi) is 6.27. The van der Waals surface area contributed by atoms with Gasteiger partial charge in [-0.2, -0.15) is 0 Å². The minimum absolute atomic E-state index is 0.128. The zero-order chi connectivity index (χ0) is 21.7. The van der Waals surface area contributed by atoms with Gasteiger partial charge in [-0.1, -0.05) is 46.1 Å². The second-order valence-electron chi connectivity index (χ2n) is 12.0. The van der Waals surface area contributed by atoms with Crippen molar-refractivity contribution in [3.8, 4) is 0 Å². The van der Waals surface area contributed by atoms with Gasteiger partial charge in [-0.15, -0.1) is 0 Å². The number of aliphatic hydroxyl groups is 2. The van der Waals surface area contributed by atoms with Crippen LogP contribution in [-0.4, -0.2) is 28.7 Å². The van der Waals surface area contributed by atoms with E-state index in [1.807, 2.05) is 6.08 Å². The first-order valence-corrected chi connectivity index (χ1v) is 12.7.